The Kier molecular flexibility index (Phi) is 5.11. The predicted molar refractivity (Wildman–Crippen MR) is 104 cm³/mol. The van der Waals surface area contributed by atoms with Crippen LogP contribution >= 0.6 is 0 Å². The molecule has 2 heterocycles. The lowest BCUT2D eigenvalue weighted by Gasteiger charge is -2.37. The molecule has 0 radical (unpaired) electrons. The summed E-state index contributed by atoms with van der Waals surface area (Å²) in [5, 5.41) is 11.7. The van der Waals surface area contributed by atoms with Crippen molar-refractivity contribution in [1.29, 1.82) is 0 Å². The van der Waals surface area contributed by atoms with E-state index in [1.807, 2.05) is 4.90 Å². The van der Waals surface area contributed by atoms with E-state index < -0.39 is 4.92 Å². The molecule has 1 aromatic heterocycles. The lowest BCUT2D eigenvalue weighted by atomic mass is 9.89. The van der Waals surface area contributed by atoms with Crippen molar-refractivity contribution in [2.75, 3.05) is 32.7 Å². The van der Waals surface area contributed by atoms with Crippen LogP contribution < -0.4 is 0 Å². The minimum Gasteiger partial charge on any atom is -0.360 e. The number of piperazine rings is 1. The smallest absolute Gasteiger partial charge is 0.270 e. The molecule has 2 fully saturated rings. The van der Waals surface area contributed by atoms with Gasteiger partial charge in [0.05, 0.1) is 10.5 Å². The number of rotatable bonds is 4. The molecule has 0 bridgehead atoms. The summed E-state index contributed by atoms with van der Waals surface area (Å²) < 4.78 is 0. The van der Waals surface area contributed by atoms with Crippen molar-refractivity contribution in [2.24, 2.45) is 5.92 Å². The van der Waals surface area contributed by atoms with Crippen LogP contribution in [0.3, 0.4) is 0 Å². The summed E-state index contributed by atoms with van der Waals surface area (Å²) in [6.07, 6.45) is 8.44. The van der Waals surface area contributed by atoms with Gasteiger partial charge >= 0.3 is 0 Å². The summed E-state index contributed by atoms with van der Waals surface area (Å²) in [5.74, 6) is 0.772. The molecule has 4 rings (SSSR count). The normalized spacial score (nSPS) is 19.5. The fourth-order valence-corrected chi connectivity index (χ4v) is 4.44. The number of hydrogen-bond donors (Lipinski definition) is 1. The van der Waals surface area contributed by atoms with E-state index in [9.17, 15) is 14.9 Å². The zero-order valence-corrected chi connectivity index (χ0v) is 15.5. The second-order valence-electron chi connectivity index (χ2n) is 7.79. The number of nitrogens with zero attached hydrogens (tertiary/aromatic N) is 3. The van der Waals surface area contributed by atoms with E-state index in [-0.39, 0.29) is 11.6 Å². The fourth-order valence-electron chi connectivity index (χ4n) is 4.44. The van der Waals surface area contributed by atoms with Crippen molar-refractivity contribution in [3.05, 3.63) is 40.1 Å². The number of aromatic amines is 1. The quantitative estimate of drug-likeness (QED) is 0.660. The number of fused-ring (bicyclic) bond motifs is 1. The third-order valence-corrected chi connectivity index (χ3v) is 6.01. The van der Waals surface area contributed by atoms with Crippen LogP contribution in [0.5, 0.6) is 0 Å². The number of carbonyl (C=O) groups excluding carboxylic acids is 1. The summed E-state index contributed by atoms with van der Waals surface area (Å²) in [4.78, 5) is 31.0. The van der Waals surface area contributed by atoms with Crippen LogP contribution in [-0.2, 0) is 0 Å². The van der Waals surface area contributed by atoms with E-state index in [0.717, 1.165) is 31.1 Å². The minimum absolute atomic E-state index is 0.00783. The van der Waals surface area contributed by atoms with Crippen LogP contribution in [0.15, 0.2) is 24.4 Å². The van der Waals surface area contributed by atoms with Crippen LogP contribution in [0, 0.1) is 16.0 Å². The Morgan fingerprint density at radius 3 is 2.59 bits per heavy atom. The number of hydrogen-bond acceptors (Lipinski definition) is 4. The highest BCUT2D eigenvalue weighted by atomic mass is 16.6. The number of nitro benzene ring substituents is 1. The van der Waals surface area contributed by atoms with Crippen molar-refractivity contribution >= 4 is 22.5 Å². The van der Waals surface area contributed by atoms with Gasteiger partial charge < -0.3 is 9.88 Å². The van der Waals surface area contributed by atoms with Gasteiger partial charge in [0.25, 0.3) is 11.6 Å². The van der Waals surface area contributed by atoms with Crippen LogP contribution in [-0.4, -0.2) is 58.3 Å². The number of benzene rings is 1. The summed E-state index contributed by atoms with van der Waals surface area (Å²) in [7, 11) is 0. The molecule has 7 heteroatoms. The van der Waals surface area contributed by atoms with Gasteiger partial charge in [0.2, 0.25) is 0 Å². The van der Waals surface area contributed by atoms with Crippen molar-refractivity contribution in [2.45, 2.75) is 32.1 Å². The molecule has 27 heavy (non-hydrogen) atoms. The highest BCUT2D eigenvalue weighted by Gasteiger charge is 2.26. The fraction of sp³-hybridized carbons (Fsp3) is 0.550. The van der Waals surface area contributed by atoms with E-state index >= 15 is 0 Å². The minimum atomic E-state index is -0.426. The van der Waals surface area contributed by atoms with Crippen LogP contribution in [0.2, 0.25) is 0 Å². The first-order valence-corrected chi connectivity index (χ1v) is 9.89. The Hall–Kier alpha value is -2.41. The SMILES string of the molecule is O=C(c1c[nH]c2ccc([N+](=O)[O-])cc12)N1CCN(CC2CCCCC2)CC1. The first-order chi connectivity index (χ1) is 13.1. The first-order valence-electron chi connectivity index (χ1n) is 9.89. The number of aromatic nitrogens is 1. The van der Waals surface area contributed by atoms with Crippen molar-refractivity contribution < 1.29 is 9.72 Å². The molecule has 1 N–H and O–H groups in total. The standard InChI is InChI=1S/C20H26N4O3/c25-20(18-13-21-19-7-6-16(24(26)27)12-17(18)19)23-10-8-22(9-11-23)14-15-4-2-1-3-5-15/h6-7,12-13,15,21H,1-5,8-11,14H2. The molecule has 0 unspecified atom stereocenters. The lowest BCUT2D eigenvalue weighted by Crippen LogP contribution is -2.49. The second kappa shape index (κ2) is 7.68. The Morgan fingerprint density at radius 1 is 1.15 bits per heavy atom. The molecule has 1 saturated heterocycles. The van der Waals surface area contributed by atoms with Gasteiger partial charge in [-0.1, -0.05) is 19.3 Å². The predicted octanol–water partition coefficient (Wildman–Crippen LogP) is 3.41. The highest BCUT2D eigenvalue weighted by molar-refractivity contribution is 6.07. The van der Waals surface area contributed by atoms with Gasteiger partial charge in [-0.15, -0.1) is 0 Å². The second-order valence-corrected chi connectivity index (χ2v) is 7.79. The van der Waals surface area contributed by atoms with Crippen molar-refractivity contribution in [1.82, 2.24) is 14.8 Å². The molecule has 7 nitrogen and oxygen atoms in total. The number of nitro groups is 1. The van der Waals surface area contributed by atoms with Gasteiger partial charge in [0.1, 0.15) is 0 Å². The number of amides is 1. The summed E-state index contributed by atoms with van der Waals surface area (Å²) >= 11 is 0. The maximum atomic E-state index is 13.0. The molecular formula is C20H26N4O3. The Labute approximate surface area is 158 Å². The Balaban J connectivity index is 1.41. The van der Waals surface area contributed by atoms with E-state index in [1.165, 1.54) is 44.2 Å². The molecule has 0 spiro atoms. The highest BCUT2D eigenvalue weighted by Crippen LogP contribution is 2.26. The lowest BCUT2D eigenvalue weighted by molar-refractivity contribution is -0.384. The van der Waals surface area contributed by atoms with E-state index in [4.69, 9.17) is 0 Å². The van der Waals surface area contributed by atoms with E-state index in [2.05, 4.69) is 9.88 Å². The van der Waals surface area contributed by atoms with Crippen LogP contribution in [0.4, 0.5) is 5.69 Å². The maximum Gasteiger partial charge on any atom is 0.270 e. The van der Waals surface area contributed by atoms with Gasteiger partial charge in [0.15, 0.2) is 0 Å². The molecule has 2 aromatic rings. The zero-order chi connectivity index (χ0) is 18.8. The average Bonchev–Trinajstić information content (AvgIpc) is 3.12. The van der Waals surface area contributed by atoms with Gasteiger partial charge in [-0.25, -0.2) is 0 Å². The zero-order valence-electron chi connectivity index (χ0n) is 15.5. The maximum absolute atomic E-state index is 13.0. The molecule has 1 aliphatic carbocycles. The first kappa shape index (κ1) is 18.0. The molecule has 0 atom stereocenters. The molecule has 1 saturated carbocycles. The number of H-pyrrole nitrogens is 1. The topological polar surface area (TPSA) is 82.5 Å². The largest absolute Gasteiger partial charge is 0.360 e. The molecule has 2 aliphatic rings. The molecule has 144 valence electrons. The number of non-ortho nitro benzene ring substituents is 1. The van der Waals surface area contributed by atoms with Crippen LogP contribution in [0.25, 0.3) is 10.9 Å². The summed E-state index contributed by atoms with van der Waals surface area (Å²) in [6.45, 7) is 4.40. The van der Waals surface area contributed by atoms with Gasteiger partial charge in [-0.3, -0.25) is 19.8 Å². The molecule has 1 amide bonds. The monoisotopic (exact) mass is 370 g/mol. The third-order valence-electron chi connectivity index (χ3n) is 6.01. The van der Waals surface area contributed by atoms with Crippen molar-refractivity contribution in [3.8, 4) is 0 Å². The van der Waals surface area contributed by atoms with Gasteiger partial charge in [-0.2, -0.15) is 0 Å². The van der Waals surface area contributed by atoms with Gasteiger partial charge in [0, 0.05) is 62.0 Å². The molecule has 1 aliphatic heterocycles. The Morgan fingerprint density at radius 2 is 1.89 bits per heavy atom. The summed E-state index contributed by atoms with van der Waals surface area (Å²) in [6, 6.07) is 4.60. The number of carbonyl (C=O) groups is 1. The summed E-state index contributed by atoms with van der Waals surface area (Å²) in [5.41, 5.74) is 1.28. The van der Waals surface area contributed by atoms with E-state index in [1.54, 1.807) is 12.3 Å². The van der Waals surface area contributed by atoms with E-state index in [0.29, 0.717) is 24.0 Å². The number of nitrogens with one attached hydrogen (secondary N) is 1. The third kappa shape index (κ3) is 3.83. The Bertz CT molecular complexity index is 833. The molecular weight excluding hydrogens is 344 g/mol. The van der Waals surface area contributed by atoms with Gasteiger partial charge in [-0.05, 0) is 24.8 Å². The molecule has 1 aromatic carbocycles. The van der Waals surface area contributed by atoms with Crippen molar-refractivity contribution in [3.63, 3.8) is 0 Å². The average molecular weight is 370 g/mol. The van der Waals surface area contributed by atoms with Crippen LogP contribution in [0.1, 0.15) is 42.5 Å².